The van der Waals surface area contributed by atoms with E-state index in [1.54, 1.807) is 0 Å². The van der Waals surface area contributed by atoms with E-state index in [1.807, 2.05) is 66.7 Å². The zero-order valence-corrected chi connectivity index (χ0v) is 26.9. The molecule has 1 unspecified atom stereocenters. The Morgan fingerprint density at radius 3 is 1.84 bits per heavy atom. The zero-order chi connectivity index (χ0) is 33.7. The summed E-state index contributed by atoms with van der Waals surface area (Å²) in [6.07, 6.45) is 0. The SMILES string of the molecule is [2H]c1ccc2c(c1)C1(c3ccccc3-c3ccc(-c4nc(-c5ccccc5)nc(-c5ccccc5)n4)cc31)c1cccc3c4ccccc4n-2c13. The van der Waals surface area contributed by atoms with Gasteiger partial charge < -0.3 is 4.57 Å². The number of nitrogens with zero attached hydrogens (tertiary/aromatic N) is 4. The minimum Gasteiger partial charge on any atom is -0.309 e. The highest BCUT2D eigenvalue weighted by Crippen LogP contribution is 2.61. The van der Waals surface area contributed by atoms with Crippen LogP contribution < -0.4 is 0 Å². The van der Waals surface area contributed by atoms with Gasteiger partial charge in [-0.25, -0.2) is 15.0 Å². The van der Waals surface area contributed by atoms with Crippen molar-refractivity contribution in [2.75, 3.05) is 0 Å². The average molecular weight is 638 g/mol. The normalized spacial score (nSPS) is 15.6. The van der Waals surface area contributed by atoms with Crippen LogP contribution >= 0.6 is 0 Å². The summed E-state index contributed by atoms with van der Waals surface area (Å²) in [6, 6.07) is 57.7. The Hall–Kier alpha value is -6.65. The largest absolute Gasteiger partial charge is 0.309 e. The van der Waals surface area contributed by atoms with Gasteiger partial charge in [0.05, 0.1) is 23.5 Å². The molecule has 11 rings (SSSR count). The number of para-hydroxylation sites is 3. The van der Waals surface area contributed by atoms with Crippen molar-refractivity contribution in [2.45, 2.75) is 5.41 Å². The lowest BCUT2D eigenvalue weighted by Crippen LogP contribution is -2.33. The summed E-state index contributed by atoms with van der Waals surface area (Å²) >= 11 is 0. The molecule has 1 aliphatic heterocycles. The smallest absolute Gasteiger partial charge is 0.164 e. The van der Waals surface area contributed by atoms with E-state index in [0.29, 0.717) is 23.5 Å². The van der Waals surface area contributed by atoms with E-state index in [9.17, 15) is 0 Å². The summed E-state index contributed by atoms with van der Waals surface area (Å²) in [5.74, 6) is 1.89. The first kappa shape index (κ1) is 26.3. The molecule has 0 amide bonds. The maximum Gasteiger partial charge on any atom is 0.164 e. The van der Waals surface area contributed by atoms with E-state index in [1.165, 1.54) is 49.6 Å². The maximum absolute atomic E-state index is 8.96. The van der Waals surface area contributed by atoms with Crippen molar-refractivity contribution >= 4 is 21.8 Å². The molecule has 1 aliphatic carbocycles. The summed E-state index contributed by atoms with van der Waals surface area (Å²) in [5.41, 5.74) is 12.7. The molecule has 0 N–H and O–H groups in total. The zero-order valence-electron chi connectivity index (χ0n) is 27.9. The molecule has 232 valence electrons. The third-order valence-corrected chi connectivity index (χ3v) is 10.6. The highest BCUT2D eigenvalue weighted by Gasteiger charge is 2.50. The predicted molar refractivity (Wildman–Crippen MR) is 201 cm³/mol. The van der Waals surface area contributed by atoms with Gasteiger partial charge in [-0.15, -0.1) is 0 Å². The van der Waals surface area contributed by atoms with Crippen LogP contribution in [0, 0.1) is 0 Å². The molecule has 4 nitrogen and oxygen atoms in total. The highest BCUT2D eigenvalue weighted by atomic mass is 15.0. The second kappa shape index (κ2) is 10.2. The monoisotopic (exact) mass is 637 g/mol. The minimum atomic E-state index is -0.671. The molecule has 0 saturated carbocycles. The van der Waals surface area contributed by atoms with Crippen LogP contribution in [-0.4, -0.2) is 19.5 Å². The van der Waals surface area contributed by atoms with Crippen LogP contribution in [0.15, 0.2) is 170 Å². The third kappa shape index (κ3) is 3.57. The van der Waals surface area contributed by atoms with Gasteiger partial charge in [0.1, 0.15) is 0 Å². The van der Waals surface area contributed by atoms with Crippen molar-refractivity contribution < 1.29 is 1.37 Å². The summed E-state index contributed by atoms with van der Waals surface area (Å²) in [7, 11) is 0. The highest BCUT2D eigenvalue weighted by molar-refractivity contribution is 6.12. The summed E-state index contributed by atoms with van der Waals surface area (Å²) in [6.45, 7) is 0. The van der Waals surface area contributed by atoms with Crippen LogP contribution in [0.25, 0.3) is 72.8 Å². The summed E-state index contributed by atoms with van der Waals surface area (Å²) in [4.78, 5) is 15.2. The van der Waals surface area contributed by atoms with Crippen LogP contribution in [0.5, 0.6) is 0 Å². The quantitative estimate of drug-likeness (QED) is 0.194. The first-order valence-electron chi connectivity index (χ1n) is 17.5. The molecule has 1 spiro atoms. The van der Waals surface area contributed by atoms with Gasteiger partial charge in [0, 0.05) is 27.5 Å². The number of hydrogen-bond acceptors (Lipinski definition) is 3. The molecule has 0 radical (unpaired) electrons. The molecular formula is C46H28N4. The van der Waals surface area contributed by atoms with Crippen molar-refractivity contribution in [3.05, 3.63) is 192 Å². The Kier molecular flexibility index (Phi) is 5.36. The van der Waals surface area contributed by atoms with Crippen LogP contribution in [0.2, 0.25) is 0 Å². The van der Waals surface area contributed by atoms with Crippen LogP contribution in [0.1, 0.15) is 23.6 Å². The van der Waals surface area contributed by atoms with Gasteiger partial charge in [0.15, 0.2) is 17.5 Å². The second-order valence-electron chi connectivity index (χ2n) is 13.1. The van der Waals surface area contributed by atoms with Gasteiger partial charge in [-0.1, -0.05) is 152 Å². The van der Waals surface area contributed by atoms with Crippen molar-refractivity contribution in [1.29, 1.82) is 0 Å². The fourth-order valence-electron chi connectivity index (χ4n) is 8.57. The Balaban J connectivity index is 1.25. The topological polar surface area (TPSA) is 43.6 Å². The Morgan fingerprint density at radius 2 is 1.06 bits per heavy atom. The summed E-state index contributed by atoms with van der Waals surface area (Å²) in [5, 5.41) is 2.45. The van der Waals surface area contributed by atoms with Crippen molar-refractivity contribution in [1.82, 2.24) is 19.5 Å². The van der Waals surface area contributed by atoms with Crippen LogP contribution in [0.3, 0.4) is 0 Å². The molecule has 0 fully saturated rings. The number of fused-ring (bicyclic) bond motifs is 12. The Morgan fingerprint density at radius 1 is 0.440 bits per heavy atom. The van der Waals surface area contributed by atoms with E-state index < -0.39 is 5.41 Å². The van der Waals surface area contributed by atoms with E-state index in [4.69, 9.17) is 16.3 Å². The molecule has 2 aromatic heterocycles. The van der Waals surface area contributed by atoms with E-state index in [2.05, 4.69) is 102 Å². The van der Waals surface area contributed by atoms with Crippen LogP contribution in [0.4, 0.5) is 0 Å². The van der Waals surface area contributed by atoms with Gasteiger partial charge >= 0.3 is 0 Å². The maximum atomic E-state index is 8.96. The fraction of sp³-hybridized carbons (Fsp3) is 0.0217. The van der Waals surface area contributed by atoms with Gasteiger partial charge in [0.2, 0.25) is 0 Å². The first-order chi connectivity index (χ1) is 25.2. The molecule has 1 atom stereocenters. The number of aromatic nitrogens is 4. The minimum absolute atomic E-state index is 0.486. The molecule has 0 saturated heterocycles. The molecular weight excluding hydrogens is 609 g/mol. The molecule has 0 bridgehead atoms. The van der Waals surface area contributed by atoms with Gasteiger partial charge in [-0.05, 0) is 51.6 Å². The first-order valence-corrected chi connectivity index (χ1v) is 17.0. The van der Waals surface area contributed by atoms with Gasteiger partial charge in [-0.2, -0.15) is 0 Å². The molecule has 3 heterocycles. The van der Waals surface area contributed by atoms with E-state index >= 15 is 0 Å². The van der Waals surface area contributed by atoms with Crippen molar-refractivity contribution in [3.8, 4) is 51.0 Å². The third-order valence-electron chi connectivity index (χ3n) is 10.6. The van der Waals surface area contributed by atoms with E-state index in [-0.39, 0.29) is 0 Å². The van der Waals surface area contributed by atoms with E-state index in [0.717, 1.165) is 27.9 Å². The fourth-order valence-corrected chi connectivity index (χ4v) is 8.57. The predicted octanol–water partition coefficient (Wildman–Crippen LogP) is 10.6. The standard InChI is InChI=1S/C46H28N4/c1-3-14-29(15-4-1)43-47-44(30-16-5-2-6-17-30)49-45(48-43)31-26-27-33-32-18-7-9-21-36(32)46(39(33)28-31)37-22-10-12-25-41(37)50-40-24-11-8-19-34(40)35-20-13-23-38(46)42(35)50/h1-28H/i10D. The molecule has 50 heavy (non-hydrogen) atoms. The molecule has 9 aromatic rings. The number of benzene rings is 7. The lowest BCUT2D eigenvalue weighted by molar-refractivity contribution is 0.748. The molecule has 2 aliphatic rings. The molecule has 4 heteroatoms. The lowest BCUT2D eigenvalue weighted by Gasteiger charge is -2.39. The second-order valence-corrected chi connectivity index (χ2v) is 13.1. The van der Waals surface area contributed by atoms with Gasteiger partial charge in [-0.3, -0.25) is 0 Å². The van der Waals surface area contributed by atoms with Gasteiger partial charge in [0.25, 0.3) is 0 Å². The average Bonchev–Trinajstić information content (AvgIpc) is 3.69. The summed E-state index contributed by atoms with van der Waals surface area (Å²) < 4.78 is 11.4. The Bertz CT molecular complexity index is 2820. The number of hydrogen-bond donors (Lipinski definition) is 0. The number of rotatable bonds is 3. The van der Waals surface area contributed by atoms with Crippen molar-refractivity contribution in [3.63, 3.8) is 0 Å². The van der Waals surface area contributed by atoms with Crippen molar-refractivity contribution in [2.24, 2.45) is 0 Å². The molecule has 7 aromatic carbocycles. The Labute approximate surface area is 290 Å². The van der Waals surface area contributed by atoms with Crippen LogP contribution in [-0.2, 0) is 5.41 Å². The lowest BCUT2D eigenvalue weighted by atomic mass is 9.65.